The molecule has 1 aliphatic heterocycles. The Hall–Kier alpha value is -1.89. The van der Waals surface area contributed by atoms with Crippen LogP contribution < -0.4 is 10.1 Å². The second-order valence-corrected chi connectivity index (χ2v) is 5.58. The Labute approximate surface area is 129 Å². The fraction of sp³-hybridized carbons (Fsp3) is 0.429. The molecule has 1 aromatic rings. The first-order valence-corrected chi connectivity index (χ1v) is 7.02. The number of hydrogen-bond acceptors (Lipinski definition) is 4. The third-order valence-electron chi connectivity index (χ3n) is 3.81. The minimum absolute atomic E-state index is 0.0724. The number of fused-ring (bicyclic) bond motifs is 1. The molecular formula is C14H12ClF2NO4. The Morgan fingerprint density at radius 2 is 2.18 bits per heavy atom. The van der Waals surface area contributed by atoms with E-state index in [1.807, 2.05) is 5.32 Å². The van der Waals surface area contributed by atoms with Crippen molar-refractivity contribution in [1.29, 1.82) is 0 Å². The number of alkyl halides is 2. The summed E-state index contributed by atoms with van der Waals surface area (Å²) in [5.41, 5.74) is -0.152. The van der Waals surface area contributed by atoms with Gasteiger partial charge in [0, 0.05) is 12.0 Å². The maximum absolute atomic E-state index is 14.4. The standard InChI is InChI=1S/C14H12ClF2NO4/c1-21-10-7(15)5-6-3-2-4-14(16,17)9(6)8(10)11-12(19)18-13(20)22-11/h5,11H,2-4H2,1H3,(H,18,19,20). The molecule has 2 amide bonds. The molecule has 0 radical (unpaired) electrons. The predicted octanol–water partition coefficient (Wildman–Crippen LogP) is 3.08. The van der Waals surface area contributed by atoms with Crippen molar-refractivity contribution in [2.75, 3.05) is 7.11 Å². The number of alkyl carbamates (subject to hydrolysis) is 1. The van der Waals surface area contributed by atoms with Crippen LogP contribution in [0, 0.1) is 0 Å². The highest BCUT2D eigenvalue weighted by atomic mass is 35.5. The zero-order valence-corrected chi connectivity index (χ0v) is 12.3. The van der Waals surface area contributed by atoms with Crippen LogP contribution in [0.25, 0.3) is 0 Å². The fourth-order valence-corrected chi connectivity index (χ4v) is 3.28. The molecule has 0 saturated carbocycles. The molecule has 8 heteroatoms. The summed E-state index contributed by atoms with van der Waals surface area (Å²) in [6.45, 7) is 0. The van der Waals surface area contributed by atoms with Crippen molar-refractivity contribution in [2.24, 2.45) is 0 Å². The Morgan fingerprint density at radius 3 is 2.77 bits per heavy atom. The Kier molecular flexibility index (Phi) is 3.47. The lowest BCUT2D eigenvalue weighted by Gasteiger charge is -2.30. The molecule has 1 aromatic carbocycles. The number of carbonyl (C=O) groups excluding carboxylic acids is 2. The van der Waals surface area contributed by atoms with Gasteiger partial charge >= 0.3 is 6.09 Å². The molecule has 0 spiro atoms. The molecule has 1 unspecified atom stereocenters. The molecule has 1 fully saturated rings. The van der Waals surface area contributed by atoms with Gasteiger partial charge in [-0.15, -0.1) is 0 Å². The number of amides is 2. The minimum atomic E-state index is -3.14. The highest BCUT2D eigenvalue weighted by Crippen LogP contribution is 2.50. The van der Waals surface area contributed by atoms with E-state index in [4.69, 9.17) is 21.1 Å². The average molecular weight is 332 g/mol. The summed E-state index contributed by atoms with van der Waals surface area (Å²) in [6.07, 6.45) is -2.10. The number of halogens is 3. The average Bonchev–Trinajstić information content (AvgIpc) is 2.75. The van der Waals surface area contributed by atoms with Crippen molar-refractivity contribution in [3.05, 3.63) is 27.8 Å². The molecule has 118 valence electrons. The summed E-state index contributed by atoms with van der Waals surface area (Å²) in [7, 11) is 1.26. The highest BCUT2D eigenvalue weighted by Gasteiger charge is 2.46. The number of benzene rings is 1. The van der Waals surface area contributed by atoms with E-state index in [0.717, 1.165) is 0 Å². The number of cyclic esters (lactones) is 1. The van der Waals surface area contributed by atoms with Crippen LogP contribution in [-0.4, -0.2) is 19.1 Å². The largest absolute Gasteiger partial charge is 0.495 e. The van der Waals surface area contributed by atoms with Crippen molar-refractivity contribution in [1.82, 2.24) is 5.32 Å². The van der Waals surface area contributed by atoms with E-state index >= 15 is 0 Å². The van der Waals surface area contributed by atoms with Crippen molar-refractivity contribution < 1.29 is 27.8 Å². The van der Waals surface area contributed by atoms with E-state index in [9.17, 15) is 18.4 Å². The molecule has 0 aromatic heterocycles. The first-order chi connectivity index (χ1) is 10.3. The van der Waals surface area contributed by atoms with Crippen LogP contribution in [0.4, 0.5) is 13.6 Å². The van der Waals surface area contributed by atoms with Crippen molar-refractivity contribution >= 4 is 23.6 Å². The number of hydrogen-bond donors (Lipinski definition) is 1. The van der Waals surface area contributed by atoms with Crippen LogP contribution in [0.2, 0.25) is 5.02 Å². The Balaban J connectivity index is 2.29. The first-order valence-electron chi connectivity index (χ1n) is 6.64. The second-order valence-electron chi connectivity index (χ2n) is 5.17. The second kappa shape index (κ2) is 5.08. The Bertz CT molecular complexity index is 677. The molecule has 1 saturated heterocycles. The van der Waals surface area contributed by atoms with Gasteiger partial charge in [0.25, 0.3) is 11.8 Å². The van der Waals surface area contributed by atoms with Gasteiger partial charge in [0.05, 0.1) is 17.7 Å². The third kappa shape index (κ3) is 2.20. The van der Waals surface area contributed by atoms with Gasteiger partial charge in [-0.1, -0.05) is 11.6 Å². The summed E-state index contributed by atoms with van der Waals surface area (Å²) < 4.78 is 38.8. The van der Waals surface area contributed by atoms with Crippen LogP contribution in [0.15, 0.2) is 6.07 Å². The van der Waals surface area contributed by atoms with Gasteiger partial charge in [-0.25, -0.2) is 13.6 Å². The van der Waals surface area contributed by atoms with Gasteiger partial charge < -0.3 is 9.47 Å². The van der Waals surface area contributed by atoms with Gasteiger partial charge in [0.1, 0.15) is 5.75 Å². The van der Waals surface area contributed by atoms with E-state index < -0.39 is 24.0 Å². The fourth-order valence-electron chi connectivity index (χ4n) is 2.96. The number of nitrogens with one attached hydrogen (secondary N) is 1. The maximum atomic E-state index is 14.4. The minimum Gasteiger partial charge on any atom is -0.495 e. The molecule has 1 aliphatic carbocycles. The van der Waals surface area contributed by atoms with Crippen LogP contribution in [-0.2, 0) is 21.9 Å². The van der Waals surface area contributed by atoms with Gasteiger partial charge in [0.2, 0.25) is 6.10 Å². The number of carbonyl (C=O) groups is 2. The molecule has 1 heterocycles. The smallest absolute Gasteiger partial charge is 0.415 e. The molecule has 1 N–H and O–H groups in total. The number of aryl methyl sites for hydroxylation is 1. The summed E-state index contributed by atoms with van der Waals surface area (Å²) in [4.78, 5) is 23.1. The Morgan fingerprint density at radius 1 is 1.45 bits per heavy atom. The van der Waals surface area contributed by atoms with Crippen LogP contribution in [0.5, 0.6) is 5.75 Å². The lowest BCUT2D eigenvalue weighted by atomic mass is 9.83. The normalized spacial score (nSPS) is 22.8. The van der Waals surface area contributed by atoms with Gasteiger partial charge in [-0.05, 0) is 24.5 Å². The van der Waals surface area contributed by atoms with Crippen LogP contribution in [0.3, 0.4) is 0 Å². The molecule has 1 atom stereocenters. The monoisotopic (exact) mass is 331 g/mol. The maximum Gasteiger partial charge on any atom is 0.415 e. The topological polar surface area (TPSA) is 64.6 Å². The van der Waals surface area contributed by atoms with Gasteiger partial charge in [-0.2, -0.15) is 0 Å². The van der Waals surface area contributed by atoms with E-state index in [2.05, 4.69) is 0 Å². The summed E-state index contributed by atoms with van der Waals surface area (Å²) in [6, 6.07) is 1.42. The zero-order chi connectivity index (χ0) is 16.1. The molecule has 22 heavy (non-hydrogen) atoms. The number of ether oxygens (including phenoxy) is 2. The lowest BCUT2D eigenvalue weighted by molar-refractivity contribution is -0.123. The quantitative estimate of drug-likeness (QED) is 0.904. The SMILES string of the molecule is COc1c(Cl)cc2c(c1C1OC(=O)NC1=O)C(F)(F)CCC2. The first kappa shape index (κ1) is 15.0. The van der Waals surface area contributed by atoms with E-state index in [1.54, 1.807) is 0 Å². The number of rotatable bonds is 2. The lowest BCUT2D eigenvalue weighted by Crippen LogP contribution is -2.27. The van der Waals surface area contributed by atoms with Crippen molar-refractivity contribution in [2.45, 2.75) is 31.3 Å². The van der Waals surface area contributed by atoms with Crippen molar-refractivity contribution in [3.8, 4) is 5.75 Å². The summed E-state index contributed by atoms with van der Waals surface area (Å²) >= 11 is 6.08. The highest BCUT2D eigenvalue weighted by molar-refractivity contribution is 6.32. The van der Waals surface area contributed by atoms with E-state index in [0.29, 0.717) is 18.4 Å². The number of methoxy groups -OCH3 is 1. The molecule has 2 aliphatic rings. The van der Waals surface area contributed by atoms with Gasteiger partial charge in [0.15, 0.2) is 0 Å². The molecule has 5 nitrogen and oxygen atoms in total. The zero-order valence-electron chi connectivity index (χ0n) is 11.5. The third-order valence-corrected chi connectivity index (χ3v) is 4.09. The number of imide groups is 1. The van der Waals surface area contributed by atoms with Gasteiger partial charge in [-0.3, -0.25) is 10.1 Å². The molecule has 3 rings (SSSR count). The summed E-state index contributed by atoms with van der Waals surface area (Å²) in [5.74, 6) is -4.03. The van der Waals surface area contributed by atoms with Crippen LogP contribution in [0.1, 0.15) is 35.6 Å². The van der Waals surface area contributed by atoms with Crippen LogP contribution >= 0.6 is 11.6 Å². The van der Waals surface area contributed by atoms with Crippen molar-refractivity contribution in [3.63, 3.8) is 0 Å². The summed E-state index contributed by atoms with van der Waals surface area (Å²) in [5, 5.41) is 2.03. The molecular weight excluding hydrogens is 320 g/mol. The van der Waals surface area contributed by atoms with E-state index in [1.165, 1.54) is 13.2 Å². The molecule has 0 bridgehead atoms. The van der Waals surface area contributed by atoms with E-state index in [-0.39, 0.29) is 28.3 Å². The predicted molar refractivity (Wildman–Crippen MR) is 72.2 cm³/mol.